The molecule has 2 aliphatic carbocycles. The van der Waals surface area contributed by atoms with E-state index >= 15 is 0 Å². The van der Waals surface area contributed by atoms with Crippen LogP contribution in [0.15, 0.2) is 59.6 Å². The summed E-state index contributed by atoms with van der Waals surface area (Å²) in [4.78, 5) is 20.4. The molecule has 5 heteroatoms. The molecule has 0 aromatic heterocycles. The maximum atomic E-state index is 13.8. The van der Waals surface area contributed by atoms with E-state index < -0.39 is 5.54 Å². The number of aliphatic imine (C=N–C) groups is 1. The van der Waals surface area contributed by atoms with Crippen molar-refractivity contribution in [1.82, 2.24) is 4.90 Å². The lowest BCUT2D eigenvalue weighted by Crippen LogP contribution is -2.49. The fourth-order valence-corrected chi connectivity index (χ4v) is 4.87. The fraction of sp³-hybridized carbons (Fsp3) is 0.417. The van der Waals surface area contributed by atoms with Gasteiger partial charge in [-0.25, -0.2) is 4.99 Å². The van der Waals surface area contributed by atoms with Gasteiger partial charge < -0.3 is 10.5 Å². The summed E-state index contributed by atoms with van der Waals surface area (Å²) in [6.07, 6.45) is 7.58. The van der Waals surface area contributed by atoms with E-state index in [4.69, 9.17) is 15.5 Å². The Kier molecular flexibility index (Phi) is 4.53. The van der Waals surface area contributed by atoms with Gasteiger partial charge in [0.05, 0.1) is 0 Å². The van der Waals surface area contributed by atoms with E-state index in [1.165, 1.54) is 6.42 Å². The number of guanidine groups is 1. The van der Waals surface area contributed by atoms with Crippen molar-refractivity contribution in [3.63, 3.8) is 0 Å². The fourth-order valence-electron chi connectivity index (χ4n) is 4.87. The Hall–Kier alpha value is -2.82. The number of nitrogens with two attached hydrogens (primary N) is 1. The zero-order valence-corrected chi connectivity index (χ0v) is 16.6. The summed E-state index contributed by atoms with van der Waals surface area (Å²) in [5, 5.41) is 0. The molecule has 1 amide bonds. The zero-order chi connectivity index (χ0) is 19.8. The Balaban J connectivity index is 1.49. The van der Waals surface area contributed by atoms with Gasteiger partial charge in [0.1, 0.15) is 11.5 Å². The predicted octanol–water partition coefficient (Wildman–Crippen LogP) is 4.57. The van der Waals surface area contributed by atoms with Gasteiger partial charge in [0, 0.05) is 6.04 Å². The molecule has 1 atom stereocenters. The zero-order valence-electron chi connectivity index (χ0n) is 16.6. The molecule has 5 nitrogen and oxygen atoms in total. The van der Waals surface area contributed by atoms with Gasteiger partial charge in [-0.2, -0.15) is 0 Å². The second-order valence-corrected chi connectivity index (χ2v) is 8.42. The number of amides is 1. The lowest BCUT2D eigenvalue weighted by Gasteiger charge is -2.33. The summed E-state index contributed by atoms with van der Waals surface area (Å²) in [5.41, 5.74) is 6.36. The van der Waals surface area contributed by atoms with Crippen molar-refractivity contribution in [2.75, 3.05) is 0 Å². The Morgan fingerprint density at radius 1 is 0.931 bits per heavy atom. The quantitative estimate of drug-likeness (QED) is 0.814. The number of nitrogens with zero attached hydrogens (tertiary/aromatic N) is 2. The van der Waals surface area contributed by atoms with Gasteiger partial charge in [-0.15, -0.1) is 0 Å². The third-order valence-corrected chi connectivity index (χ3v) is 6.44. The van der Waals surface area contributed by atoms with Crippen LogP contribution in [0, 0.1) is 5.92 Å². The van der Waals surface area contributed by atoms with E-state index in [2.05, 4.69) is 0 Å². The highest BCUT2D eigenvalue weighted by Gasteiger charge is 2.59. The van der Waals surface area contributed by atoms with Crippen molar-refractivity contribution in [3.8, 4) is 11.5 Å². The highest BCUT2D eigenvalue weighted by molar-refractivity contribution is 6.08. The van der Waals surface area contributed by atoms with Crippen LogP contribution in [0.3, 0.4) is 0 Å². The molecule has 0 radical (unpaired) electrons. The SMILES string of the molecule is NC1=NC(c2cccc(Oc3ccccc3)c2)(C2CC2)C(=O)N1C1CCCCC1. The summed E-state index contributed by atoms with van der Waals surface area (Å²) in [7, 11) is 0. The molecule has 150 valence electrons. The highest BCUT2D eigenvalue weighted by atomic mass is 16.5. The summed E-state index contributed by atoms with van der Waals surface area (Å²) >= 11 is 0. The summed E-state index contributed by atoms with van der Waals surface area (Å²) in [5.74, 6) is 2.15. The van der Waals surface area contributed by atoms with E-state index in [1.807, 2.05) is 59.5 Å². The third-order valence-electron chi connectivity index (χ3n) is 6.44. The molecule has 2 aromatic carbocycles. The van der Waals surface area contributed by atoms with Crippen molar-refractivity contribution in [1.29, 1.82) is 0 Å². The molecule has 5 rings (SSSR count). The average molecular weight is 389 g/mol. The number of ether oxygens (including phenoxy) is 1. The van der Waals surface area contributed by atoms with Gasteiger partial charge in [0.15, 0.2) is 11.5 Å². The molecule has 1 aliphatic heterocycles. The Labute approximate surface area is 171 Å². The molecular weight excluding hydrogens is 362 g/mol. The first-order chi connectivity index (χ1) is 14.2. The summed E-state index contributed by atoms with van der Waals surface area (Å²) < 4.78 is 6.02. The van der Waals surface area contributed by atoms with Crippen molar-refractivity contribution >= 4 is 11.9 Å². The van der Waals surface area contributed by atoms with Gasteiger partial charge in [-0.1, -0.05) is 49.6 Å². The van der Waals surface area contributed by atoms with E-state index in [-0.39, 0.29) is 17.9 Å². The average Bonchev–Trinajstić information content (AvgIpc) is 3.56. The van der Waals surface area contributed by atoms with E-state index in [0.717, 1.165) is 49.8 Å². The number of para-hydroxylation sites is 1. The Bertz CT molecular complexity index is 932. The topological polar surface area (TPSA) is 67.9 Å². The molecule has 0 spiro atoms. The second kappa shape index (κ2) is 7.21. The number of carbonyl (C=O) groups excluding carboxylic acids is 1. The van der Waals surface area contributed by atoms with Crippen LogP contribution < -0.4 is 10.5 Å². The molecule has 3 aliphatic rings. The molecule has 2 saturated carbocycles. The van der Waals surface area contributed by atoms with Crippen molar-refractivity contribution in [3.05, 3.63) is 60.2 Å². The van der Waals surface area contributed by atoms with Crippen LogP contribution in [-0.4, -0.2) is 22.8 Å². The monoisotopic (exact) mass is 389 g/mol. The molecule has 0 saturated heterocycles. The first-order valence-electron chi connectivity index (χ1n) is 10.7. The van der Waals surface area contributed by atoms with Crippen LogP contribution in [0.2, 0.25) is 0 Å². The maximum absolute atomic E-state index is 13.8. The minimum absolute atomic E-state index is 0.0567. The van der Waals surface area contributed by atoms with Crippen LogP contribution in [0.5, 0.6) is 11.5 Å². The molecule has 2 N–H and O–H groups in total. The minimum atomic E-state index is -0.891. The van der Waals surface area contributed by atoms with E-state index in [1.54, 1.807) is 0 Å². The molecular formula is C24H27N3O2. The van der Waals surface area contributed by atoms with Crippen molar-refractivity contribution < 1.29 is 9.53 Å². The van der Waals surface area contributed by atoms with Crippen LogP contribution in [0.25, 0.3) is 0 Å². The number of hydrogen-bond acceptors (Lipinski definition) is 4. The second-order valence-electron chi connectivity index (χ2n) is 8.42. The molecule has 29 heavy (non-hydrogen) atoms. The normalized spacial score (nSPS) is 25.2. The van der Waals surface area contributed by atoms with Crippen LogP contribution in [-0.2, 0) is 10.3 Å². The van der Waals surface area contributed by atoms with Crippen molar-refractivity contribution in [2.24, 2.45) is 16.6 Å². The number of benzene rings is 2. The highest BCUT2D eigenvalue weighted by Crippen LogP contribution is 2.52. The van der Waals surface area contributed by atoms with Gasteiger partial charge in [-0.05, 0) is 61.4 Å². The number of carbonyl (C=O) groups is 1. The van der Waals surface area contributed by atoms with Crippen LogP contribution in [0.1, 0.15) is 50.5 Å². The summed E-state index contributed by atoms with van der Waals surface area (Å²) in [6, 6.07) is 17.7. The van der Waals surface area contributed by atoms with E-state index in [0.29, 0.717) is 11.7 Å². The largest absolute Gasteiger partial charge is 0.457 e. The standard InChI is InChI=1S/C24H27N3O2/c25-23-26-24(17-14-15-17,22(28)27(23)19-9-3-1-4-10-19)18-8-7-13-21(16-18)29-20-11-5-2-6-12-20/h2,5-8,11-13,16-17,19H,1,3-4,9-10,14-15H2,(H2,25,26). The van der Waals surface area contributed by atoms with Gasteiger partial charge in [0.25, 0.3) is 5.91 Å². The molecule has 1 heterocycles. The molecule has 2 fully saturated rings. The van der Waals surface area contributed by atoms with Gasteiger partial charge >= 0.3 is 0 Å². The van der Waals surface area contributed by atoms with Crippen molar-refractivity contribution in [2.45, 2.75) is 56.5 Å². The number of hydrogen-bond donors (Lipinski definition) is 1. The lowest BCUT2D eigenvalue weighted by atomic mass is 9.84. The third kappa shape index (κ3) is 3.18. The number of rotatable bonds is 5. The smallest absolute Gasteiger partial charge is 0.262 e. The molecule has 0 bridgehead atoms. The minimum Gasteiger partial charge on any atom is -0.457 e. The van der Waals surface area contributed by atoms with E-state index in [9.17, 15) is 4.79 Å². The Morgan fingerprint density at radius 3 is 2.38 bits per heavy atom. The predicted molar refractivity (Wildman–Crippen MR) is 113 cm³/mol. The molecule has 1 unspecified atom stereocenters. The van der Waals surface area contributed by atoms with Crippen LogP contribution in [0.4, 0.5) is 0 Å². The van der Waals surface area contributed by atoms with Gasteiger partial charge in [-0.3, -0.25) is 9.69 Å². The molecule has 2 aromatic rings. The van der Waals surface area contributed by atoms with Gasteiger partial charge in [0.2, 0.25) is 0 Å². The maximum Gasteiger partial charge on any atom is 0.262 e. The Morgan fingerprint density at radius 2 is 1.66 bits per heavy atom. The lowest BCUT2D eigenvalue weighted by molar-refractivity contribution is -0.134. The first-order valence-corrected chi connectivity index (χ1v) is 10.7. The first kappa shape index (κ1) is 18.2. The summed E-state index contributed by atoms with van der Waals surface area (Å²) in [6.45, 7) is 0. The van der Waals surface area contributed by atoms with Crippen LogP contribution >= 0.6 is 0 Å².